The van der Waals surface area contributed by atoms with E-state index in [2.05, 4.69) is 11.1 Å². The minimum Gasteiger partial charge on any atom is -0.360 e. The van der Waals surface area contributed by atoms with Gasteiger partial charge in [0.05, 0.1) is 11.6 Å². The summed E-state index contributed by atoms with van der Waals surface area (Å²) in [7, 11) is 0. The SMILES string of the molecule is Cc1cccc2c(=O)[c]c[nH]c12. The van der Waals surface area contributed by atoms with Crippen molar-refractivity contribution in [2.45, 2.75) is 6.92 Å². The molecule has 1 aromatic heterocycles. The molecule has 2 heteroatoms. The molecule has 0 aliphatic rings. The molecule has 0 aliphatic heterocycles. The first-order chi connectivity index (χ1) is 5.79. The lowest BCUT2D eigenvalue weighted by molar-refractivity contribution is 1.34. The van der Waals surface area contributed by atoms with E-state index < -0.39 is 0 Å². The van der Waals surface area contributed by atoms with Gasteiger partial charge in [0.25, 0.3) is 0 Å². The first-order valence-corrected chi connectivity index (χ1v) is 3.78. The molecule has 1 aromatic carbocycles. The first-order valence-electron chi connectivity index (χ1n) is 3.78. The lowest BCUT2D eigenvalue weighted by Gasteiger charge is -1.98. The van der Waals surface area contributed by atoms with E-state index in [1.54, 1.807) is 12.3 Å². The highest BCUT2D eigenvalue weighted by Crippen LogP contribution is 2.10. The second-order valence-corrected chi connectivity index (χ2v) is 2.76. The summed E-state index contributed by atoms with van der Waals surface area (Å²) < 4.78 is 0. The van der Waals surface area contributed by atoms with Crippen molar-refractivity contribution in [3.8, 4) is 0 Å². The predicted molar refractivity (Wildman–Crippen MR) is 48.1 cm³/mol. The number of pyridine rings is 1. The highest BCUT2D eigenvalue weighted by molar-refractivity contribution is 5.80. The van der Waals surface area contributed by atoms with E-state index in [4.69, 9.17) is 0 Å². The number of aromatic nitrogens is 1. The Morgan fingerprint density at radius 1 is 1.42 bits per heavy atom. The minimum absolute atomic E-state index is 0.0487. The summed E-state index contributed by atoms with van der Waals surface area (Å²) in [5, 5.41) is 0.706. The average Bonchev–Trinajstić information content (AvgIpc) is 2.07. The molecular weight excluding hydrogens is 150 g/mol. The van der Waals surface area contributed by atoms with Gasteiger partial charge in [0, 0.05) is 11.6 Å². The summed E-state index contributed by atoms with van der Waals surface area (Å²) in [6.45, 7) is 1.97. The largest absolute Gasteiger partial charge is 0.360 e. The van der Waals surface area contributed by atoms with E-state index in [0.29, 0.717) is 5.39 Å². The molecule has 0 fully saturated rings. The third-order valence-electron chi connectivity index (χ3n) is 1.94. The molecule has 2 nitrogen and oxygen atoms in total. The quantitative estimate of drug-likeness (QED) is 0.621. The van der Waals surface area contributed by atoms with Crippen molar-refractivity contribution in [1.29, 1.82) is 0 Å². The van der Waals surface area contributed by atoms with Crippen LogP contribution in [0.2, 0.25) is 0 Å². The normalized spacial score (nSPS) is 10.4. The van der Waals surface area contributed by atoms with Gasteiger partial charge < -0.3 is 4.98 Å². The van der Waals surface area contributed by atoms with E-state index in [-0.39, 0.29) is 5.43 Å². The van der Waals surface area contributed by atoms with Crippen LogP contribution in [0, 0.1) is 13.0 Å². The molecule has 0 atom stereocenters. The van der Waals surface area contributed by atoms with Crippen LogP contribution in [0.25, 0.3) is 10.9 Å². The van der Waals surface area contributed by atoms with Crippen LogP contribution < -0.4 is 5.43 Å². The number of aryl methyl sites for hydroxylation is 1. The summed E-state index contributed by atoms with van der Waals surface area (Å²) in [6.07, 6.45) is 1.55. The lowest BCUT2D eigenvalue weighted by atomic mass is 10.1. The molecule has 0 amide bonds. The van der Waals surface area contributed by atoms with Crippen LogP contribution in [0.1, 0.15) is 5.56 Å². The van der Waals surface area contributed by atoms with Gasteiger partial charge in [0.1, 0.15) is 0 Å². The van der Waals surface area contributed by atoms with Gasteiger partial charge in [-0.05, 0) is 18.6 Å². The topological polar surface area (TPSA) is 32.9 Å². The number of nitrogens with one attached hydrogen (secondary N) is 1. The van der Waals surface area contributed by atoms with Crippen molar-refractivity contribution in [3.63, 3.8) is 0 Å². The molecule has 1 N–H and O–H groups in total. The maximum Gasteiger partial charge on any atom is 0.197 e. The predicted octanol–water partition coefficient (Wildman–Crippen LogP) is 1.64. The van der Waals surface area contributed by atoms with Crippen LogP contribution in [0.3, 0.4) is 0 Å². The van der Waals surface area contributed by atoms with Crippen LogP contribution in [0.15, 0.2) is 29.2 Å². The summed E-state index contributed by atoms with van der Waals surface area (Å²) in [4.78, 5) is 14.3. The Hall–Kier alpha value is -1.57. The summed E-state index contributed by atoms with van der Waals surface area (Å²) in [6, 6.07) is 8.24. The van der Waals surface area contributed by atoms with Gasteiger partial charge in [-0.25, -0.2) is 0 Å². The smallest absolute Gasteiger partial charge is 0.197 e. The van der Waals surface area contributed by atoms with Gasteiger partial charge in [-0.2, -0.15) is 0 Å². The molecule has 0 saturated carbocycles. The van der Waals surface area contributed by atoms with Crippen molar-refractivity contribution in [2.75, 3.05) is 0 Å². The van der Waals surface area contributed by atoms with Gasteiger partial charge in [-0.3, -0.25) is 4.79 Å². The fourth-order valence-electron chi connectivity index (χ4n) is 1.30. The van der Waals surface area contributed by atoms with Crippen LogP contribution in [0.4, 0.5) is 0 Å². The highest BCUT2D eigenvalue weighted by atomic mass is 16.1. The first kappa shape index (κ1) is 7.10. The van der Waals surface area contributed by atoms with Crippen molar-refractivity contribution in [3.05, 3.63) is 46.2 Å². The number of hydrogen-bond donors (Lipinski definition) is 1. The Bertz CT molecular complexity index is 470. The molecule has 2 aromatic rings. The van der Waals surface area contributed by atoms with Gasteiger partial charge >= 0.3 is 0 Å². The molecule has 59 valence electrons. The minimum atomic E-state index is -0.0487. The van der Waals surface area contributed by atoms with E-state index >= 15 is 0 Å². The molecular formula is C10H8NO. The number of aromatic amines is 1. The third-order valence-corrected chi connectivity index (χ3v) is 1.94. The lowest BCUT2D eigenvalue weighted by Crippen LogP contribution is -2.00. The van der Waals surface area contributed by atoms with Crippen LogP contribution >= 0.6 is 0 Å². The van der Waals surface area contributed by atoms with E-state index in [1.807, 2.05) is 19.1 Å². The zero-order chi connectivity index (χ0) is 8.55. The fraction of sp³-hybridized carbons (Fsp3) is 0.100. The molecule has 12 heavy (non-hydrogen) atoms. The third kappa shape index (κ3) is 0.925. The Morgan fingerprint density at radius 3 is 3.00 bits per heavy atom. The Balaban J connectivity index is 3.05. The molecule has 0 unspecified atom stereocenters. The summed E-state index contributed by atoms with van der Waals surface area (Å²) in [5.41, 5.74) is 1.94. The van der Waals surface area contributed by atoms with Gasteiger partial charge in [-0.15, -0.1) is 0 Å². The number of H-pyrrole nitrogens is 1. The number of rotatable bonds is 0. The average molecular weight is 158 g/mol. The Labute approximate surface area is 69.9 Å². The summed E-state index contributed by atoms with van der Waals surface area (Å²) in [5.74, 6) is 0. The second-order valence-electron chi connectivity index (χ2n) is 2.76. The molecule has 0 aliphatic carbocycles. The molecule has 0 bridgehead atoms. The zero-order valence-corrected chi connectivity index (χ0v) is 6.72. The van der Waals surface area contributed by atoms with Crippen molar-refractivity contribution < 1.29 is 0 Å². The molecule has 0 saturated heterocycles. The van der Waals surface area contributed by atoms with E-state index in [1.165, 1.54) is 0 Å². The Kier molecular flexibility index (Phi) is 1.47. The van der Waals surface area contributed by atoms with Gasteiger partial charge in [0.15, 0.2) is 5.43 Å². The monoisotopic (exact) mass is 158 g/mol. The molecule has 0 spiro atoms. The number of para-hydroxylation sites is 1. The van der Waals surface area contributed by atoms with Crippen molar-refractivity contribution >= 4 is 10.9 Å². The number of fused-ring (bicyclic) bond motifs is 1. The van der Waals surface area contributed by atoms with E-state index in [9.17, 15) is 4.79 Å². The van der Waals surface area contributed by atoms with E-state index in [0.717, 1.165) is 11.1 Å². The molecule has 1 radical (unpaired) electrons. The maximum absolute atomic E-state index is 11.3. The fourth-order valence-corrected chi connectivity index (χ4v) is 1.30. The van der Waals surface area contributed by atoms with Crippen molar-refractivity contribution in [2.24, 2.45) is 0 Å². The standard InChI is InChI=1S/C10H8NO/c1-7-3-2-4-8-9(12)5-6-11-10(7)8/h2-4,6H,1H3,(H,11,12). The Morgan fingerprint density at radius 2 is 2.25 bits per heavy atom. The van der Waals surface area contributed by atoms with Gasteiger partial charge in [-0.1, -0.05) is 12.1 Å². The number of hydrogen-bond acceptors (Lipinski definition) is 1. The second kappa shape index (κ2) is 2.48. The van der Waals surface area contributed by atoms with Crippen LogP contribution in [-0.2, 0) is 0 Å². The zero-order valence-electron chi connectivity index (χ0n) is 6.72. The molecule has 2 rings (SSSR count). The maximum atomic E-state index is 11.3. The van der Waals surface area contributed by atoms with Crippen molar-refractivity contribution in [1.82, 2.24) is 4.98 Å². The van der Waals surface area contributed by atoms with Crippen LogP contribution in [0.5, 0.6) is 0 Å². The molecule has 1 heterocycles. The number of benzene rings is 1. The van der Waals surface area contributed by atoms with Gasteiger partial charge in [0.2, 0.25) is 0 Å². The van der Waals surface area contributed by atoms with Crippen LogP contribution in [-0.4, -0.2) is 4.98 Å². The highest BCUT2D eigenvalue weighted by Gasteiger charge is 1.98. The summed E-state index contributed by atoms with van der Waals surface area (Å²) >= 11 is 0.